The van der Waals surface area contributed by atoms with Crippen molar-refractivity contribution < 1.29 is 0 Å². The second-order valence-corrected chi connectivity index (χ2v) is 5.99. The van der Waals surface area contributed by atoms with Crippen LogP contribution in [0.5, 0.6) is 0 Å². The number of hydrogen-bond donors (Lipinski definition) is 2. The Labute approximate surface area is 136 Å². The van der Waals surface area contributed by atoms with Gasteiger partial charge in [-0.1, -0.05) is 43.3 Å². The average Bonchev–Trinajstić information content (AvgIpc) is 2.56. The molecule has 0 bridgehead atoms. The van der Waals surface area contributed by atoms with Crippen molar-refractivity contribution in [2.24, 2.45) is 0 Å². The first-order valence-corrected chi connectivity index (χ1v) is 8.06. The summed E-state index contributed by atoms with van der Waals surface area (Å²) in [6, 6.07) is 16.7. The maximum absolute atomic E-state index is 12.2. The number of aryl methyl sites for hydroxylation is 2. The highest BCUT2D eigenvalue weighted by molar-refractivity contribution is 5.83. The fraction of sp³-hybridized carbons (Fsp3) is 0.250. The van der Waals surface area contributed by atoms with E-state index < -0.39 is 0 Å². The fourth-order valence-electron chi connectivity index (χ4n) is 2.93. The molecule has 1 aromatic heterocycles. The van der Waals surface area contributed by atoms with Crippen molar-refractivity contribution in [2.75, 3.05) is 5.32 Å². The molecule has 1 atom stereocenters. The average molecular weight is 306 g/mol. The number of aromatic nitrogens is 1. The highest BCUT2D eigenvalue weighted by Gasteiger charge is 2.10. The molecule has 3 heteroatoms. The molecule has 0 spiro atoms. The summed E-state index contributed by atoms with van der Waals surface area (Å²) in [5.74, 6) is 0. The molecule has 3 rings (SSSR count). The summed E-state index contributed by atoms with van der Waals surface area (Å²) in [5, 5.41) is 5.79. The van der Waals surface area contributed by atoms with Gasteiger partial charge in [-0.25, -0.2) is 0 Å². The summed E-state index contributed by atoms with van der Waals surface area (Å²) in [4.78, 5) is 15.1. The lowest BCUT2D eigenvalue weighted by molar-refractivity contribution is 0.877. The summed E-state index contributed by atoms with van der Waals surface area (Å²) >= 11 is 0. The molecule has 2 N–H and O–H groups in total. The van der Waals surface area contributed by atoms with E-state index in [1.54, 1.807) is 0 Å². The predicted octanol–water partition coefficient (Wildman–Crippen LogP) is 4.57. The monoisotopic (exact) mass is 306 g/mol. The van der Waals surface area contributed by atoms with Crippen LogP contribution in [-0.2, 0) is 6.42 Å². The summed E-state index contributed by atoms with van der Waals surface area (Å²) in [7, 11) is 0. The first-order chi connectivity index (χ1) is 11.1. The van der Waals surface area contributed by atoms with Gasteiger partial charge in [0.1, 0.15) is 5.69 Å². The van der Waals surface area contributed by atoms with E-state index in [1.165, 1.54) is 16.3 Å². The van der Waals surface area contributed by atoms with Crippen LogP contribution >= 0.6 is 0 Å². The molecule has 0 fully saturated rings. The lowest BCUT2D eigenvalue weighted by Gasteiger charge is -2.17. The normalized spacial score (nSPS) is 12.3. The number of hydrogen-bond acceptors (Lipinski definition) is 2. The molecule has 0 saturated carbocycles. The van der Waals surface area contributed by atoms with Gasteiger partial charge in [0, 0.05) is 11.7 Å². The van der Waals surface area contributed by atoms with Crippen molar-refractivity contribution in [1.29, 1.82) is 0 Å². The van der Waals surface area contributed by atoms with Gasteiger partial charge >= 0.3 is 0 Å². The van der Waals surface area contributed by atoms with Crippen molar-refractivity contribution in [3.8, 4) is 0 Å². The second kappa shape index (κ2) is 6.29. The van der Waals surface area contributed by atoms with E-state index >= 15 is 0 Å². The van der Waals surface area contributed by atoms with E-state index in [4.69, 9.17) is 0 Å². The molecule has 0 amide bonds. The molecule has 0 saturated heterocycles. The smallest absolute Gasteiger partial charge is 0.271 e. The first kappa shape index (κ1) is 15.3. The van der Waals surface area contributed by atoms with Crippen LogP contribution in [0.25, 0.3) is 10.8 Å². The van der Waals surface area contributed by atoms with Crippen LogP contribution in [0.3, 0.4) is 0 Å². The van der Waals surface area contributed by atoms with E-state index in [-0.39, 0.29) is 11.6 Å². The van der Waals surface area contributed by atoms with E-state index in [9.17, 15) is 4.79 Å². The number of pyridine rings is 1. The van der Waals surface area contributed by atoms with Crippen LogP contribution in [0.15, 0.2) is 53.3 Å². The number of fused-ring (bicyclic) bond motifs is 1. The summed E-state index contributed by atoms with van der Waals surface area (Å²) in [6.45, 7) is 6.11. The summed E-state index contributed by atoms with van der Waals surface area (Å²) in [6.07, 6.45) is 0.904. The number of anilines is 1. The molecule has 0 aliphatic rings. The minimum absolute atomic E-state index is 0.0626. The Morgan fingerprint density at radius 3 is 2.57 bits per heavy atom. The molecule has 23 heavy (non-hydrogen) atoms. The number of rotatable bonds is 4. The Hall–Kier alpha value is -2.55. The predicted molar refractivity (Wildman–Crippen MR) is 97.2 cm³/mol. The van der Waals surface area contributed by atoms with E-state index in [1.807, 2.05) is 25.1 Å². The maximum atomic E-state index is 12.2. The lowest BCUT2D eigenvalue weighted by atomic mass is 10.0. The second-order valence-electron chi connectivity index (χ2n) is 5.99. The van der Waals surface area contributed by atoms with Crippen molar-refractivity contribution in [3.63, 3.8) is 0 Å². The lowest BCUT2D eigenvalue weighted by Crippen LogP contribution is -2.18. The Morgan fingerprint density at radius 1 is 1.09 bits per heavy atom. The van der Waals surface area contributed by atoms with Gasteiger partial charge in [0.25, 0.3) is 5.56 Å². The highest BCUT2D eigenvalue weighted by Crippen LogP contribution is 2.23. The zero-order chi connectivity index (χ0) is 16.4. The summed E-state index contributed by atoms with van der Waals surface area (Å²) < 4.78 is 0. The van der Waals surface area contributed by atoms with Gasteiger partial charge in [0.05, 0.1) is 0 Å². The Kier molecular flexibility index (Phi) is 4.20. The third-order valence-corrected chi connectivity index (χ3v) is 4.37. The van der Waals surface area contributed by atoms with Crippen molar-refractivity contribution in [3.05, 3.63) is 75.7 Å². The van der Waals surface area contributed by atoms with Crippen molar-refractivity contribution in [1.82, 2.24) is 4.98 Å². The molecule has 3 aromatic rings. The van der Waals surface area contributed by atoms with Gasteiger partial charge in [-0.15, -0.1) is 0 Å². The fourth-order valence-corrected chi connectivity index (χ4v) is 2.93. The molecule has 0 unspecified atom stereocenters. The molecule has 1 heterocycles. The van der Waals surface area contributed by atoms with Crippen LogP contribution in [0.4, 0.5) is 5.69 Å². The molecule has 0 radical (unpaired) electrons. The first-order valence-electron chi connectivity index (χ1n) is 8.06. The minimum atomic E-state index is -0.0626. The maximum Gasteiger partial charge on any atom is 0.271 e. The highest BCUT2D eigenvalue weighted by atomic mass is 16.1. The standard InChI is InChI=1S/C20H22N2O/c1-4-15-12-19(20(23)22-13(15)2)21-14(3)17-10-9-16-7-5-6-8-18(16)11-17/h5-12,14,21H,4H2,1-3H3,(H,22,23)/t14-/m1/s1. The molecule has 0 aliphatic heterocycles. The molecule has 3 nitrogen and oxygen atoms in total. The van der Waals surface area contributed by atoms with Gasteiger partial charge in [-0.05, 0) is 54.3 Å². The molecular formula is C20H22N2O. The SMILES string of the molecule is CCc1cc(N[C@H](C)c2ccc3ccccc3c2)c(=O)[nH]c1C. The van der Waals surface area contributed by atoms with Crippen LogP contribution in [0, 0.1) is 6.92 Å². The van der Waals surface area contributed by atoms with Crippen LogP contribution in [0.2, 0.25) is 0 Å². The summed E-state index contributed by atoms with van der Waals surface area (Å²) in [5.41, 5.74) is 3.85. The largest absolute Gasteiger partial charge is 0.374 e. The van der Waals surface area contributed by atoms with Crippen LogP contribution in [-0.4, -0.2) is 4.98 Å². The minimum Gasteiger partial charge on any atom is -0.374 e. The zero-order valence-electron chi connectivity index (χ0n) is 13.8. The number of nitrogens with one attached hydrogen (secondary N) is 2. The van der Waals surface area contributed by atoms with Gasteiger partial charge in [0.2, 0.25) is 0 Å². The third-order valence-electron chi connectivity index (χ3n) is 4.37. The topological polar surface area (TPSA) is 44.9 Å². The van der Waals surface area contributed by atoms with Gasteiger partial charge in [-0.3, -0.25) is 4.79 Å². The Morgan fingerprint density at radius 2 is 1.83 bits per heavy atom. The number of aromatic amines is 1. The molecular weight excluding hydrogens is 284 g/mol. The third kappa shape index (κ3) is 3.14. The number of benzene rings is 2. The molecule has 0 aliphatic carbocycles. The quantitative estimate of drug-likeness (QED) is 0.741. The van der Waals surface area contributed by atoms with Crippen molar-refractivity contribution in [2.45, 2.75) is 33.2 Å². The van der Waals surface area contributed by atoms with Crippen LogP contribution in [0.1, 0.15) is 36.7 Å². The van der Waals surface area contributed by atoms with E-state index in [2.05, 4.69) is 54.5 Å². The number of H-pyrrole nitrogens is 1. The van der Waals surface area contributed by atoms with Crippen molar-refractivity contribution >= 4 is 16.5 Å². The molecule has 118 valence electrons. The Balaban J connectivity index is 1.91. The zero-order valence-corrected chi connectivity index (χ0v) is 13.8. The molecule has 2 aromatic carbocycles. The van der Waals surface area contributed by atoms with Gasteiger partial charge < -0.3 is 10.3 Å². The van der Waals surface area contributed by atoms with E-state index in [0.29, 0.717) is 5.69 Å². The van der Waals surface area contributed by atoms with Gasteiger partial charge in [0.15, 0.2) is 0 Å². The van der Waals surface area contributed by atoms with Gasteiger partial charge in [-0.2, -0.15) is 0 Å². The Bertz CT molecular complexity index is 896. The van der Waals surface area contributed by atoms with E-state index in [0.717, 1.165) is 17.7 Å². The van der Waals surface area contributed by atoms with Crippen LogP contribution < -0.4 is 10.9 Å².